The van der Waals surface area contributed by atoms with E-state index in [1.807, 2.05) is 31.2 Å². The molecule has 1 aliphatic rings. The molecule has 1 fully saturated rings. The lowest BCUT2D eigenvalue weighted by atomic mass is 10.1. The van der Waals surface area contributed by atoms with Crippen LogP contribution in [0.1, 0.15) is 30.5 Å². The predicted molar refractivity (Wildman–Crippen MR) is 114 cm³/mol. The minimum atomic E-state index is -3.50. The van der Waals surface area contributed by atoms with Crippen molar-refractivity contribution >= 4 is 15.9 Å². The Morgan fingerprint density at radius 1 is 1.10 bits per heavy atom. The highest BCUT2D eigenvalue weighted by Crippen LogP contribution is 2.19. The van der Waals surface area contributed by atoms with Crippen molar-refractivity contribution in [3.8, 4) is 5.75 Å². The molecular weight excluding hydrogens is 404 g/mol. The monoisotopic (exact) mass is 432 g/mol. The zero-order valence-corrected chi connectivity index (χ0v) is 18.2. The Balaban J connectivity index is 1.52. The minimum Gasteiger partial charge on any atom is -0.497 e. The lowest BCUT2D eigenvalue weighted by Crippen LogP contribution is -2.40. The maximum atomic E-state index is 12.7. The lowest BCUT2D eigenvalue weighted by molar-refractivity contribution is -0.121. The highest BCUT2D eigenvalue weighted by Gasteiger charge is 2.26. The Morgan fingerprint density at radius 3 is 2.33 bits per heavy atom. The fourth-order valence-corrected chi connectivity index (χ4v) is 4.72. The minimum absolute atomic E-state index is 0.0525. The quantitative estimate of drug-likeness (QED) is 0.693. The van der Waals surface area contributed by atoms with E-state index < -0.39 is 10.0 Å². The second-order valence-corrected chi connectivity index (χ2v) is 9.16. The van der Waals surface area contributed by atoms with Crippen molar-refractivity contribution in [1.29, 1.82) is 0 Å². The fourth-order valence-electron chi connectivity index (χ4n) is 3.31. The topological polar surface area (TPSA) is 84.9 Å². The van der Waals surface area contributed by atoms with Crippen molar-refractivity contribution in [2.75, 3.05) is 33.4 Å². The molecule has 1 N–H and O–H groups in total. The second kappa shape index (κ2) is 10.1. The van der Waals surface area contributed by atoms with E-state index in [-0.39, 0.29) is 16.8 Å². The van der Waals surface area contributed by atoms with Crippen molar-refractivity contribution in [1.82, 2.24) is 9.62 Å². The summed E-state index contributed by atoms with van der Waals surface area (Å²) in [4.78, 5) is 12.6. The zero-order chi connectivity index (χ0) is 21.6. The first-order valence-electron chi connectivity index (χ1n) is 10.0. The highest BCUT2D eigenvalue weighted by atomic mass is 32.2. The molecule has 1 heterocycles. The molecule has 30 heavy (non-hydrogen) atoms. The molecule has 8 heteroatoms. The van der Waals surface area contributed by atoms with Gasteiger partial charge in [0.2, 0.25) is 15.9 Å². The molecule has 0 bridgehead atoms. The van der Waals surface area contributed by atoms with Gasteiger partial charge in [0.25, 0.3) is 0 Å². The van der Waals surface area contributed by atoms with Gasteiger partial charge in [-0.2, -0.15) is 4.31 Å². The number of carbonyl (C=O) groups excluding carboxylic acids is 1. The lowest BCUT2D eigenvalue weighted by Gasteiger charge is -2.26. The Bertz CT molecular complexity index is 936. The Morgan fingerprint density at radius 2 is 1.73 bits per heavy atom. The molecule has 0 radical (unpaired) electrons. The summed E-state index contributed by atoms with van der Waals surface area (Å²) in [6.07, 6.45) is 0.870. The molecule has 1 saturated heterocycles. The van der Waals surface area contributed by atoms with E-state index in [4.69, 9.17) is 9.47 Å². The molecular formula is C22H28N2O5S. The standard InChI is InChI=1S/C22H28N2O5S/c1-17(19-6-8-20(28-2)9-7-19)23-22(25)12-5-18-3-10-21(11-4-18)30(26,27)24-13-15-29-16-14-24/h3-4,6-11,17H,5,12-16H2,1-2H3,(H,23,25)/t17-/m0/s1. The molecule has 2 aromatic carbocycles. The maximum Gasteiger partial charge on any atom is 0.243 e. The first-order valence-corrected chi connectivity index (χ1v) is 11.4. The smallest absolute Gasteiger partial charge is 0.243 e. The van der Waals surface area contributed by atoms with Crippen LogP contribution in [0.3, 0.4) is 0 Å². The Kier molecular flexibility index (Phi) is 7.47. The second-order valence-electron chi connectivity index (χ2n) is 7.22. The third-order valence-corrected chi connectivity index (χ3v) is 7.08. The van der Waals surface area contributed by atoms with Crippen LogP contribution in [0.5, 0.6) is 5.75 Å². The molecule has 1 aliphatic heterocycles. The van der Waals surface area contributed by atoms with Gasteiger partial charge < -0.3 is 14.8 Å². The Labute approximate surface area is 178 Å². The van der Waals surface area contributed by atoms with Crippen LogP contribution in [0, 0.1) is 0 Å². The van der Waals surface area contributed by atoms with Gasteiger partial charge in [0.05, 0.1) is 31.3 Å². The molecule has 2 aromatic rings. The molecule has 162 valence electrons. The SMILES string of the molecule is COc1ccc([C@H](C)NC(=O)CCc2ccc(S(=O)(=O)N3CCOCC3)cc2)cc1. The maximum absolute atomic E-state index is 12.7. The summed E-state index contributed by atoms with van der Waals surface area (Å²) >= 11 is 0. The van der Waals surface area contributed by atoms with E-state index in [1.165, 1.54) is 4.31 Å². The zero-order valence-electron chi connectivity index (χ0n) is 17.3. The van der Waals surface area contributed by atoms with Gasteiger partial charge in [-0.05, 0) is 48.7 Å². The molecule has 0 unspecified atom stereocenters. The number of nitrogens with zero attached hydrogens (tertiary/aromatic N) is 1. The molecule has 0 aromatic heterocycles. The van der Waals surface area contributed by atoms with Crippen molar-refractivity contribution in [3.05, 3.63) is 59.7 Å². The number of hydrogen-bond acceptors (Lipinski definition) is 5. The van der Waals surface area contributed by atoms with Crippen molar-refractivity contribution in [2.24, 2.45) is 0 Å². The van der Waals surface area contributed by atoms with Crippen molar-refractivity contribution < 1.29 is 22.7 Å². The number of sulfonamides is 1. The predicted octanol–water partition coefficient (Wildman–Crippen LogP) is 2.53. The third-order valence-electron chi connectivity index (χ3n) is 5.17. The van der Waals surface area contributed by atoms with Gasteiger partial charge in [-0.25, -0.2) is 8.42 Å². The largest absolute Gasteiger partial charge is 0.497 e. The number of benzene rings is 2. The molecule has 0 aliphatic carbocycles. The van der Waals surface area contributed by atoms with E-state index in [1.54, 1.807) is 31.4 Å². The summed E-state index contributed by atoms with van der Waals surface area (Å²) in [5.41, 5.74) is 1.92. The number of methoxy groups -OCH3 is 1. The summed E-state index contributed by atoms with van der Waals surface area (Å²) in [5.74, 6) is 0.722. The average molecular weight is 433 g/mol. The summed E-state index contributed by atoms with van der Waals surface area (Å²) in [6, 6.07) is 14.2. The number of morpholine rings is 1. The van der Waals surface area contributed by atoms with Crippen LogP contribution in [-0.4, -0.2) is 52.0 Å². The van der Waals surface area contributed by atoms with E-state index >= 15 is 0 Å². The molecule has 3 rings (SSSR count). The number of aryl methyl sites for hydroxylation is 1. The summed E-state index contributed by atoms with van der Waals surface area (Å²) in [6.45, 7) is 3.51. The highest BCUT2D eigenvalue weighted by molar-refractivity contribution is 7.89. The van der Waals surface area contributed by atoms with E-state index in [0.717, 1.165) is 16.9 Å². The van der Waals surface area contributed by atoms with Crippen molar-refractivity contribution in [3.63, 3.8) is 0 Å². The van der Waals surface area contributed by atoms with Gasteiger partial charge in [-0.1, -0.05) is 24.3 Å². The average Bonchev–Trinajstić information content (AvgIpc) is 2.78. The van der Waals surface area contributed by atoms with E-state index in [0.29, 0.717) is 39.1 Å². The van der Waals surface area contributed by atoms with Crippen LogP contribution in [0.15, 0.2) is 53.4 Å². The molecule has 1 atom stereocenters. The van der Waals surface area contributed by atoms with Crippen molar-refractivity contribution in [2.45, 2.75) is 30.7 Å². The van der Waals surface area contributed by atoms with Gasteiger partial charge >= 0.3 is 0 Å². The molecule has 1 amide bonds. The number of hydrogen-bond donors (Lipinski definition) is 1. The number of ether oxygens (including phenoxy) is 2. The van der Waals surface area contributed by atoms with E-state index in [2.05, 4.69) is 5.32 Å². The van der Waals surface area contributed by atoms with Gasteiger partial charge in [-0.15, -0.1) is 0 Å². The normalized spacial score (nSPS) is 16.1. The summed E-state index contributed by atoms with van der Waals surface area (Å²) in [5, 5.41) is 2.99. The number of carbonyl (C=O) groups is 1. The number of nitrogens with one attached hydrogen (secondary N) is 1. The number of rotatable bonds is 8. The van der Waals surface area contributed by atoms with Crippen LogP contribution < -0.4 is 10.1 Å². The Hall–Kier alpha value is -2.42. The van der Waals surface area contributed by atoms with Crippen LogP contribution >= 0.6 is 0 Å². The molecule has 7 nitrogen and oxygen atoms in total. The summed E-state index contributed by atoms with van der Waals surface area (Å²) in [7, 11) is -1.88. The van der Waals surface area contributed by atoms with Gasteiger partial charge in [0, 0.05) is 19.5 Å². The molecule has 0 spiro atoms. The van der Waals surface area contributed by atoms with Crippen LogP contribution in [-0.2, 0) is 26.0 Å². The third kappa shape index (κ3) is 5.59. The molecule has 0 saturated carbocycles. The van der Waals surface area contributed by atoms with Gasteiger partial charge in [0.1, 0.15) is 5.75 Å². The van der Waals surface area contributed by atoms with Crippen LogP contribution in [0.25, 0.3) is 0 Å². The van der Waals surface area contributed by atoms with Gasteiger partial charge in [0.15, 0.2) is 0 Å². The summed E-state index contributed by atoms with van der Waals surface area (Å²) < 4.78 is 37.1. The fraction of sp³-hybridized carbons (Fsp3) is 0.409. The van der Waals surface area contributed by atoms with Gasteiger partial charge in [-0.3, -0.25) is 4.79 Å². The van der Waals surface area contributed by atoms with Crippen LogP contribution in [0.4, 0.5) is 0 Å². The van der Waals surface area contributed by atoms with E-state index in [9.17, 15) is 13.2 Å². The first kappa shape index (κ1) is 22.3. The number of amides is 1. The first-order chi connectivity index (χ1) is 14.4. The van der Waals surface area contributed by atoms with Crippen LogP contribution in [0.2, 0.25) is 0 Å².